The van der Waals surface area contributed by atoms with E-state index in [4.69, 9.17) is 4.42 Å². The van der Waals surface area contributed by atoms with Crippen molar-refractivity contribution < 1.29 is 13.9 Å². The zero-order valence-electron chi connectivity index (χ0n) is 10.6. The standard InChI is InChI=1S/C15H16O3/c1-3-6-13-12(9-10-15(16)17-2)11-7-4-5-8-14(11)18-13/h4-5,7-10H,3,6H2,1-2H3/b10-9+. The Balaban J connectivity index is 2.47. The van der Waals surface area contributed by atoms with Gasteiger partial charge < -0.3 is 9.15 Å². The van der Waals surface area contributed by atoms with Crippen molar-refractivity contribution in [1.29, 1.82) is 0 Å². The molecule has 3 nitrogen and oxygen atoms in total. The fraction of sp³-hybridized carbons (Fsp3) is 0.267. The molecular formula is C15H16O3. The van der Waals surface area contributed by atoms with Gasteiger partial charge in [0.2, 0.25) is 0 Å². The van der Waals surface area contributed by atoms with Gasteiger partial charge in [-0.15, -0.1) is 0 Å². The molecule has 0 amide bonds. The number of carbonyl (C=O) groups is 1. The zero-order chi connectivity index (χ0) is 13.0. The van der Waals surface area contributed by atoms with Gasteiger partial charge in [-0.3, -0.25) is 0 Å². The molecule has 0 radical (unpaired) electrons. The summed E-state index contributed by atoms with van der Waals surface area (Å²) < 4.78 is 10.4. The second-order valence-electron chi connectivity index (χ2n) is 4.04. The molecule has 94 valence electrons. The molecule has 18 heavy (non-hydrogen) atoms. The maximum atomic E-state index is 11.2. The molecule has 0 aliphatic carbocycles. The summed E-state index contributed by atoms with van der Waals surface area (Å²) in [7, 11) is 1.37. The number of aryl methyl sites for hydroxylation is 1. The van der Waals surface area contributed by atoms with Crippen LogP contribution in [-0.2, 0) is 16.0 Å². The van der Waals surface area contributed by atoms with Crippen LogP contribution in [-0.4, -0.2) is 13.1 Å². The summed E-state index contributed by atoms with van der Waals surface area (Å²) in [6.45, 7) is 2.10. The Bertz CT molecular complexity index is 578. The Hall–Kier alpha value is -2.03. The van der Waals surface area contributed by atoms with E-state index in [1.54, 1.807) is 6.08 Å². The van der Waals surface area contributed by atoms with E-state index in [0.717, 1.165) is 35.1 Å². The van der Waals surface area contributed by atoms with E-state index < -0.39 is 0 Å². The van der Waals surface area contributed by atoms with Gasteiger partial charge in [0.25, 0.3) is 0 Å². The third kappa shape index (κ3) is 2.45. The van der Waals surface area contributed by atoms with Gasteiger partial charge >= 0.3 is 5.97 Å². The Morgan fingerprint density at radius 1 is 1.39 bits per heavy atom. The third-order valence-electron chi connectivity index (χ3n) is 2.78. The second kappa shape index (κ2) is 5.54. The SMILES string of the molecule is CCCc1oc2ccccc2c1/C=C/C(=O)OC. The number of hydrogen-bond donors (Lipinski definition) is 0. The van der Waals surface area contributed by atoms with E-state index in [1.807, 2.05) is 24.3 Å². The summed E-state index contributed by atoms with van der Waals surface area (Å²) in [6, 6.07) is 7.83. The molecule has 1 aromatic carbocycles. The first-order chi connectivity index (χ1) is 8.76. The molecule has 2 rings (SSSR count). The summed E-state index contributed by atoms with van der Waals surface area (Å²) >= 11 is 0. The van der Waals surface area contributed by atoms with Crippen molar-refractivity contribution in [3.8, 4) is 0 Å². The van der Waals surface area contributed by atoms with Crippen molar-refractivity contribution in [2.45, 2.75) is 19.8 Å². The first-order valence-electron chi connectivity index (χ1n) is 6.02. The number of carbonyl (C=O) groups excluding carboxylic acids is 1. The number of para-hydroxylation sites is 1. The predicted octanol–water partition coefficient (Wildman–Crippen LogP) is 3.57. The highest BCUT2D eigenvalue weighted by Gasteiger charge is 2.10. The number of esters is 1. The van der Waals surface area contributed by atoms with Gasteiger partial charge in [-0.2, -0.15) is 0 Å². The summed E-state index contributed by atoms with van der Waals surface area (Å²) in [5.74, 6) is 0.557. The Morgan fingerprint density at radius 2 is 2.17 bits per heavy atom. The molecule has 0 unspecified atom stereocenters. The zero-order valence-corrected chi connectivity index (χ0v) is 10.6. The van der Waals surface area contributed by atoms with Crippen molar-refractivity contribution in [1.82, 2.24) is 0 Å². The van der Waals surface area contributed by atoms with Crippen LogP contribution >= 0.6 is 0 Å². The molecule has 3 heteroatoms. The van der Waals surface area contributed by atoms with E-state index in [-0.39, 0.29) is 5.97 Å². The van der Waals surface area contributed by atoms with Crippen molar-refractivity contribution in [3.63, 3.8) is 0 Å². The number of ether oxygens (including phenoxy) is 1. The lowest BCUT2D eigenvalue weighted by Crippen LogP contribution is -1.93. The molecular weight excluding hydrogens is 228 g/mol. The van der Waals surface area contributed by atoms with Crippen LogP contribution in [0.4, 0.5) is 0 Å². The van der Waals surface area contributed by atoms with Gasteiger partial charge in [-0.05, 0) is 18.6 Å². The summed E-state index contributed by atoms with van der Waals surface area (Å²) in [6.07, 6.45) is 5.05. The van der Waals surface area contributed by atoms with Crippen LogP contribution in [0.3, 0.4) is 0 Å². The van der Waals surface area contributed by atoms with Crippen LogP contribution in [0.2, 0.25) is 0 Å². The van der Waals surface area contributed by atoms with Gasteiger partial charge in [-0.1, -0.05) is 25.1 Å². The van der Waals surface area contributed by atoms with Gasteiger partial charge in [0.05, 0.1) is 7.11 Å². The fourth-order valence-corrected chi connectivity index (χ4v) is 1.93. The number of furan rings is 1. The van der Waals surface area contributed by atoms with Crippen LogP contribution < -0.4 is 0 Å². The van der Waals surface area contributed by atoms with Crippen molar-refractivity contribution >= 4 is 23.0 Å². The van der Waals surface area contributed by atoms with Crippen LogP contribution in [0.1, 0.15) is 24.7 Å². The number of benzene rings is 1. The minimum Gasteiger partial charge on any atom is -0.466 e. The van der Waals surface area contributed by atoms with E-state index in [0.29, 0.717) is 0 Å². The number of hydrogen-bond acceptors (Lipinski definition) is 3. The Kier molecular flexibility index (Phi) is 3.82. The number of fused-ring (bicyclic) bond motifs is 1. The first kappa shape index (κ1) is 12.4. The lowest BCUT2D eigenvalue weighted by molar-refractivity contribution is -0.134. The maximum Gasteiger partial charge on any atom is 0.330 e. The molecule has 1 heterocycles. The Labute approximate surface area is 106 Å². The average Bonchev–Trinajstić information content (AvgIpc) is 2.74. The van der Waals surface area contributed by atoms with Gasteiger partial charge in [0, 0.05) is 23.4 Å². The summed E-state index contributed by atoms with van der Waals surface area (Å²) in [5, 5.41) is 1.03. The molecule has 0 aliphatic rings. The normalized spacial score (nSPS) is 11.2. The van der Waals surface area contributed by atoms with Crippen LogP contribution in [0, 0.1) is 0 Å². The largest absolute Gasteiger partial charge is 0.466 e. The molecule has 0 saturated heterocycles. The number of rotatable bonds is 4. The van der Waals surface area contributed by atoms with Crippen LogP contribution in [0.5, 0.6) is 0 Å². The molecule has 0 atom stereocenters. The molecule has 0 saturated carbocycles. The van der Waals surface area contributed by atoms with Crippen LogP contribution in [0.15, 0.2) is 34.8 Å². The minimum absolute atomic E-state index is 0.359. The predicted molar refractivity (Wildman–Crippen MR) is 71.3 cm³/mol. The smallest absolute Gasteiger partial charge is 0.330 e. The van der Waals surface area contributed by atoms with Crippen molar-refractivity contribution in [2.24, 2.45) is 0 Å². The highest BCUT2D eigenvalue weighted by molar-refractivity contribution is 5.94. The molecule has 0 N–H and O–H groups in total. The van der Waals surface area contributed by atoms with E-state index >= 15 is 0 Å². The lowest BCUT2D eigenvalue weighted by atomic mass is 10.1. The molecule has 0 aliphatic heterocycles. The highest BCUT2D eigenvalue weighted by Crippen LogP contribution is 2.27. The second-order valence-corrected chi connectivity index (χ2v) is 4.04. The summed E-state index contributed by atoms with van der Waals surface area (Å²) in [5.41, 5.74) is 1.82. The molecule has 1 aromatic heterocycles. The first-order valence-corrected chi connectivity index (χ1v) is 6.02. The molecule has 0 fully saturated rings. The highest BCUT2D eigenvalue weighted by atomic mass is 16.5. The summed E-state index contributed by atoms with van der Waals surface area (Å²) in [4.78, 5) is 11.2. The minimum atomic E-state index is -0.359. The maximum absolute atomic E-state index is 11.2. The lowest BCUT2D eigenvalue weighted by Gasteiger charge is -1.95. The molecule has 0 spiro atoms. The molecule has 0 bridgehead atoms. The third-order valence-corrected chi connectivity index (χ3v) is 2.78. The van der Waals surface area contributed by atoms with E-state index in [1.165, 1.54) is 13.2 Å². The van der Waals surface area contributed by atoms with Gasteiger partial charge in [-0.25, -0.2) is 4.79 Å². The Morgan fingerprint density at radius 3 is 2.89 bits per heavy atom. The monoisotopic (exact) mass is 244 g/mol. The van der Waals surface area contributed by atoms with E-state index in [2.05, 4.69) is 11.7 Å². The quantitative estimate of drug-likeness (QED) is 0.609. The van der Waals surface area contributed by atoms with E-state index in [9.17, 15) is 4.79 Å². The topological polar surface area (TPSA) is 39.4 Å². The van der Waals surface area contributed by atoms with Crippen molar-refractivity contribution in [2.75, 3.05) is 7.11 Å². The van der Waals surface area contributed by atoms with Crippen molar-refractivity contribution in [3.05, 3.63) is 41.7 Å². The van der Waals surface area contributed by atoms with Gasteiger partial charge in [0.15, 0.2) is 0 Å². The van der Waals surface area contributed by atoms with Gasteiger partial charge in [0.1, 0.15) is 11.3 Å². The average molecular weight is 244 g/mol. The molecule has 2 aromatic rings. The number of methoxy groups -OCH3 is 1. The fourth-order valence-electron chi connectivity index (χ4n) is 1.93. The van der Waals surface area contributed by atoms with Crippen LogP contribution in [0.25, 0.3) is 17.0 Å².